The molecule has 0 unspecified atom stereocenters. The normalized spacial score (nSPS) is 11.4. The number of aliphatic imine (C=N–C) groups is 1. The van der Waals surface area contributed by atoms with Crippen LogP contribution in [0.5, 0.6) is 0 Å². The van der Waals surface area contributed by atoms with E-state index in [9.17, 15) is 0 Å². The Balaban J connectivity index is 0.00000484. The predicted molar refractivity (Wildman–Crippen MR) is 106 cm³/mol. The van der Waals surface area contributed by atoms with Crippen LogP contribution >= 0.6 is 24.0 Å². The van der Waals surface area contributed by atoms with Crippen molar-refractivity contribution in [1.29, 1.82) is 0 Å². The highest BCUT2D eigenvalue weighted by Crippen LogP contribution is 2.10. The first kappa shape index (κ1) is 22.1. The van der Waals surface area contributed by atoms with Crippen molar-refractivity contribution < 1.29 is 4.52 Å². The Hall–Kier alpha value is -0.860. The Bertz CT molecular complexity index is 434. The largest absolute Gasteiger partial charge is 0.357 e. The monoisotopic (exact) mass is 437 g/mol. The maximum Gasteiger partial charge on any atom is 0.226 e. The Kier molecular flexibility index (Phi) is 13.1. The molecule has 6 nitrogen and oxygen atoms in total. The molecular formula is C16H32IN5O. The molecule has 23 heavy (non-hydrogen) atoms. The number of guanidine groups is 1. The van der Waals surface area contributed by atoms with Crippen molar-refractivity contribution in [2.45, 2.75) is 65.7 Å². The van der Waals surface area contributed by atoms with Gasteiger partial charge in [-0.25, -0.2) is 0 Å². The minimum absolute atomic E-state index is 0. The van der Waals surface area contributed by atoms with Gasteiger partial charge in [0.15, 0.2) is 11.8 Å². The molecule has 0 fully saturated rings. The van der Waals surface area contributed by atoms with E-state index in [1.54, 1.807) is 0 Å². The van der Waals surface area contributed by atoms with Crippen molar-refractivity contribution >= 4 is 29.9 Å². The molecule has 1 aromatic heterocycles. The fraction of sp³-hybridized carbons (Fsp3) is 0.812. The standard InChI is InChI=1S/C16H31N5O.HI/c1-5-7-8-11-18-16(17-6-2)19-12-9-10-14-20-15(13(3)4)21-22-14;/h13H,5-12H2,1-4H3,(H2,17,18,19);1H. The topological polar surface area (TPSA) is 75.3 Å². The molecule has 7 heteroatoms. The molecule has 0 saturated carbocycles. The summed E-state index contributed by atoms with van der Waals surface area (Å²) in [7, 11) is 0. The molecule has 0 spiro atoms. The number of hydrogen-bond donors (Lipinski definition) is 2. The van der Waals surface area contributed by atoms with Gasteiger partial charge in [-0.05, 0) is 19.8 Å². The summed E-state index contributed by atoms with van der Waals surface area (Å²) in [5.41, 5.74) is 0. The third kappa shape index (κ3) is 9.78. The Morgan fingerprint density at radius 3 is 2.57 bits per heavy atom. The maximum absolute atomic E-state index is 5.23. The maximum atomic E-state index is 5.23. The van der Waals surface area contributed by atoms with Gasteiger partial charge in [-0.1, -0.05) is 38.8 Å². The smallest absolute Gasteiger partial charge is 0.226 e. The SMILES string of the molecule is CCCCCNC(=NCCCc1nc(C(C)C)no1)NCC.I. The van der Waals surface area contributed by atoms with Crippen LogP contribution in [0.2, 0.25) is 0 Å². The second-order valence-corrected chi connectivity index (χ2v) is 5.70. The zero-order valence-corrected chi connectivity index (χ0v) is 17.2. The van der Waals surface area contributed by atoms with Crippen LogP contribution in [-0.2, 0) is 6.42 Å². The Labute approximate surface area is 157 Å². The molecule has 0 aliphatic carbocycles. The lowest BCUT2D eigenvalue weighted by Gasteiger charge is -2.10. The zero-order valence-electron chi connectivity index (χ0n) is 14.9. The Morgan fingerprint density at radius 2 is 1.96 bits per heavy atom. The van der Waals surface area contributed by atoms with Gasteiger partial charge in [0, 0.05) is 32.0 Å². The van der Waals surface area contributed by atoms with Crippen molar-refractivity contribution in [3.05, 3.63) is 11.7 Å². The predicted octanol–water partition coefficient (Wildman–Crippen LogP) is 3.49. The number of nitrogens with one attached hydrogen (secondary N) is 2. The first-order valence-electron chi connectivity index (χ1n) is 8.52. The molecule has 0 atom stereocenters. The number of unbranched alkanes of at least 4 members (excludes halogenated alkanes) is 2. The first-order chi connectivity index (χ1) is 10.7. The summed E-state index contributed by atoms with van der Waals surface area (Å²) in [6, 6.07) is 0. The summed E-state index contributed by atoms with van der Waals surface area (Å²) >= 11 is 0. The fourth-order valence-electron chi connectivity index (χ4n) is 1.95. The van der Waals surface area contributed by atoms with Crippen LogP contribution in [0.15, 0.2) is 9.52 Å². The van der Waals surface area contributed by atoms with Crippen LogP contribution in [0.1, 0.15) is 71.0 Å². The molecule has 0 radical (unpaired) electrons. The minimum Gasteiger partial charge on any atom is -0.357 e. The average Bonchev–Trinajstić information content (AvgIpc) is 2.97. The molecule has 134 valence electrons. The van der Waals surface area contributed by atoms with E-state index in [-0.39, 0.29) is 24.0 Å². The number of aryl methyl sites for hydroxylation is 1. The zero-order chi connectivity index (χ0) is 16.2. The van der Waals surface area contributed by atoms with E-state index < -0.39 is 0 Å². The first-order valence-corrected chi connectivity index (χ1v) is 8.52. The third-order valence-corrected chi connectivity index (χ3v) is 3.24. The molecule has 1 heterocycles. The molecule has 2 N–H and O–H groups in total. The van der Waals surface area contributed by atoms with Crippen LogP contribution in [-0.4, -0.2) is 35.7 Å². The van der Waals surface area contributed by atoms with Crippen molar-refractivity contribution in [2.24, 2.45) is 4.99 Å². The van der Waals surface area contributed by atoms with Gasteiger partial charge in [0.2, 0.25) is 5.89 Å². The number of rotatable bonds is 10. The van der Waals surface area contributed by atoms with E-state index in [1.807, 2.05) is 0 Å². The highest BCUT2D eigenvalue weighted by molar-refractivity contribution is 14.0. The molecule has 0 bridgehead atoms. The molecule has 1 aromatic rings. The van der Waals surface area contributed by atoms with Gasteiger partial charge in [0.1, 0.15) is 0 Å². The van der Waals surface area contributed by atoms with Crippen LogP contribution in [0.4, 0.5) is 0 Å². The summed E-state index contributed by atoms with van der Waals surface area (Å²) in [4.78, 5) is 8.95. The molecule has 1 rings (SSSR count). The van der Waals surface area contributed by atoms with Crippen LogP contribution in [0.25, 0.3) is 0 Å². The van der Waals surface area contributed by atoms with Crippen LogP contribution in [0, 0.1) is 0 Å². The lowest BCUT2D eigenvalue weighted by molar-refractivity contribution is 0.369. The van der Waals surface area contributed by atoms with E-state index in [2.05, 4.69) is 53.5 Å². The highest BCUT2D eigenvalue weighted by Gasteiger charge is 2.08. The summed E-state index contributed by atoms with van der Waals surface area (Å²) in [5, 5.41) is 10.6. The van der Waals surface area contributed by atoms with Gasteiger partial charge in [-0.2, -0.15) is 4.98 Å². The van der Waals surface area contributed by atoms with Crippen molar-refractivity contribution in [3.8, 4) is 0 Å². The lowest BCUT2D eigenvalue weighted by atomic mass is 10.2. The van der Waals surface area contributed by atoms with Crippen molar-refractivity contribution in [2.75, 3.05) is 19.6 Å². The third-order valence-electron chi connectivity index (χ3n) is 3.24. The highest BCUT2D eigenvalue weighted by atomic mass is 127. The second-order valence-electron chi connectivity index (χ2n) is 5.70. The van der Waals surface area contributed by atoms with E-state index in [1.165, 1.54) is 19.3 Å². The van der Waals surface area contributed by atoms with Crippen LogP contribution in [0.3, 0.4) is 0 Å². The fourth-order valence-corrected chi connectivity index (χ4v) is 1.95. The number of halogens is 1. The molecule has 0 saturated heterocycles. The van der Waals surface area contributed by atoms with Crippen LogP contribution < -0.4 is 10.6 Å². The van der Waals surface area contributed by atoms with Gasteiger partial charge >= 0.3 is 0 Å². The summed E-state index contributed by atoms with van der Waals surface area (Å²) in [5.74, 6) is 2.69. The molecule has 0 aliphatic rings. The number of nitrogens with zero attached hydrogens (tertiary/aromatic N) is 3. The summed E-state index contributed by atoms with van der Waals surface area (Å²) in [6.45, 7) is 11.0. The molecule has 0 aliphatic heterocycles. The lowest BCUT2D eigenvalue weighted by Crippen LogP contribution is -2.37. The van der Waals surface area contributed by atoms with E-state index in [0.29, 0.717) is 11.8 Å². The van der Waals surface area contributed by atoms with Crippen molar-refractivity contribution in [3.63, 3.8) is 0 Å². The van der Waals surface area contributed by atoms with E-state index in [4.69, 9.17) is 4.52 Å². The molecular weight excluding hydrogens is 405 g/mol. The van der Waals surface area contributed by atoms with E-state index >= 15 is 0 Å². The van der Waals surface area contributed by atoms with Gasteiger partial charge in [-0.15, -0.1) is 24.0 Å². The van der Waals surface area contributed by atoms with Gasteiger partial charge in [0.05, 0.1) is 0 Å². The van der Waals surface area contributed by atoms with Gasteiger partial charge in [0.25, 0.3) is 0 Å². The van der Waals surface area contributed by atoms with Gasteiger partial charge < -0.3 is 15.2 Å². The quantitative estimate of drug-likeness (QED) is 0.254. The number of hydrogen-bond acceptors (Lipinski definition) is 4. The Morgan fingerprint density at radius 1 is 1.17 bits per heavy atom. The van der Waals surface area contributed by atoms with Gasteiger partial charge in [-0.3, -0.25) is 4.99 Å². The molecule has 0 amide bonds. The van der Waals surface area contributed by atoms with Crippen molar-refractivity contribution in [1.82, 2.24) is 20.8 Å². The average molecular weight is 437 g/mol. The number of aromatic nitrogens is 2. The summed E-state index contributed by atoms with van der Waals surface area (Å²) in [6.07, 6.45) is 5.35. The molecule has 0 aromatic carbocycles. The minimum atomic E-state index is 0. The summed E-state index contributed by atoms with van der Waals surface area (Å²) < 4.78 is 5.23. The van der Waals surface area contributed by atoms with E-state index in [0.717, 1.165) is 44.3 Å². The second kappa shape index (κ2) is 13.6.